The predicted octanol–water partition coefficient (Wildman–Crippen LogP) is 4.12. The highest BCUT2D eigenvalue weighted by Gasteiger charge is 2.37. The molecule has 5 rings (SSSR count). The third-order valence-corrected chi connectivity index (χ3v) is 6.21. The van der Waals surface area contributed by atoms with E-state index in [-0.39, 0.29) is 0 Å². The summed E-state index contributed by atoms with van der Waals surface area (Å²) in [5.41, 5.74) is 1.24. The van der Waals surface area contributed by atoms with Gasteiger partial charge in [-0.05, 0) is 30.9 Å². The summed E-state index contributed by atoms with van der Waals surface area (Å²) in [5, 5.41) is 1.17. The van der Waals surface area contributed by atoms with E-state index in [0.29, 0.717) is 12.1 Å². The molecule has 1 saturated carbocycles. The van der Waals surface area contributed by atoms with Gasteiger partial charge in [0.05, 0.1) is 24.1 Å². The molecule has 0 N–H and O–H groups in total. The van der Waals surface area contributed by atoms with Crippen molar-refractivity contribution in [3.05, 3.63) is 42.7 Å². The van der Waals surface area contributed by atoms with Crippen molar-refractivity contribution in [1.82, 2.24) is 9.97 Å². The summed E-state index contributed by atoms with van der Waals surface area (Å²) in [6.07, 6.45) is 5.71. The Balaban J connectivity index is 1.60. The minimum absolute atomic E-state index is 0.371. The normalized spacial score (nSPS) is 23.6. The van der Waals surface area contributed by atoms with Gasteiger partial charge < -0.3 is 9.64 Å². The molecule has 2 aromatic heterocycles. The molecule has 1 saturated heterocycles. The highest BCUT2D eigenvalue weighted by Crippen LogP contribution is 2.39. The first kappa shape index (κ1) is 14.4. The highest BCUT2D eigenvalue weighted by molar-refractivity contribution is 7.21. The summed E-state index contributed by atoms with van der Waals surface area (Å²) >= 11 is 1.74. The molecule has 122 valence electrons. The van der Waals surface area contributed by atoms with Crippen LogP contribution in [-0.2, 0) is 4.74 Å². The number of hydrogen-bond acceptors (Lipinski definition) is 5. The van der Waals surface area contributed by atoms with Gasteiger partial charge in [0.15, 0.2) is 0 Å². The van der Waals surface area contributed by atoms with Crippen molar-refractivity contribution in [3.8, 4) is 10.4 Å². The van der Waals surface area contributed by atoms with Gasteiger partial charge in [-0.15, -0.1) is 11.3 Å². The van der Waals surface area contributed by atoms with Crippen LogP contribution in [0.25, 0.3) is 20.7 Å². The van der Waals surface area contributed by atoms with Gasteiger partial charge in [-0.25, -0.2) is 9.97 Å². The average Bonchev–Trinajstić information content (AvgIpc) is 3.28. The molecule has 0 spiro atoms. The standard InChI is InChI=1S/C19H19N3OS/c1-2-5-13(6-3-1)17-11-14-18(20-12-21-19(14)24-17)22-9-10-23-16-8-4-7-15(16)22/h1-3,5-6,11-12,15-16H,4,7-10H2/t15-,16+/m0/s1. The Labute approximate surface area is 145 Å². The largest absolute Gasteiger partial charge is 0.374 e. The molecule has 3 heterocycles. The van der Waals surface area contributed by atoms with Gasteiger partial charge in [-0.1, -0.05) is 30.3 Å². The fourth-order valence-electron chi connectivity index (χ4n) is 4.01. The lowest BCUT2D eigenvalue weighted by Crippen LogP contribution is -2.49. The van der Waals surface area contributed by atoms with Gasteiger partial charge >= 0.3 is 0 Å². The molecule has 1 aliphatic heterocycles. The summed E-state index contributed by atoms with van der Waals surface area (Å²) in [7, 11) is 0. The lowest BCUT2D eigenvalue weighted by atomic mass is 10.1. The van der Waals surface area contributed by atoms with E-state index in [1.165, 1.54) is 35.1 Å². The molecular weight excluding hydrogens is 318 g/mol. The van der Waals surface area contributed by atoms with Crippen LogP contribution in [0, 0.1) is 0 Å². The number of thiophene rings is 1. The molecule has 5 heteroatoms. The Kier molecular flexibility index (Phi) is 3.49. The number of aromatic nitrogens is 2. The zero-order valence-electron chi connectivity index (χ0n) is 13.4. The van der Waals surface area contributed by atoms with Gasteiger partial charge in [-0.2, -0.15) is 0 Å². The van der Waals surface area contributed by atoms with Crippen molar-refractivity contribution < 1.29 is 4.74 Å². The zero-order chi connectivity index (χ0) is 15.9. The third kappa shape index (κ3) is 2.31. The number of fused-ring (bicyclic) bond motifs is 2. The van der Waals surface area contributed by atoms with Crippen LogP contribution < -0.4 is 4.90 Å². The third-order valence-electron chi connectivity index (χ3n) is 5.12. The first-order chi connectivity index (χ1) is 11.9. The molecule has 3 aromatic rings. The Morgan fingerprint density at radius 3 is 2.96 bits per heavy atom. The molecule has 0 radical (unpaired) electrons. The van der Waals surface area contributed by atoms with Crippen LogP contribution in [0.5, 0.6) is 0 Å². The van der Waals surface area contributed by atoms with E-state index in [1.54, 1.807) is 17.7 Å². The second-order valence-corrected chi connectivity index (χ2v) is 7.52. The minimum Gasteiger partial charge on any atom is -0.374 e. The van der Waals surface area contributed by atoms with E-state index >= 15 is 0 Å². The molecule has 0 bridgehead atoms. The molecule has 4 nitrogen and oxygen atoms in total. The number of anilines is 1. The van der Waals surface area contributed by atoms with Crippen LogP contribution in [0.4, 0.5) is 5.82 Å². The Bertz CT molecular complexity index is 863. The highest BCUT2D eigenvalue weighted by atomic mass is 32.1. The Morgan fingerprint density at radius 1 is 1.12 bits per heavy atom. The fourth-order valence-corrected chi connectivity index (χ4v) is 5.00. The van der Waals surface area contributed by atoms with Crippen molar-refractivity contribution >= 4 is 27.4 Å². The van der Waals surface area contributed by atoms with E-state index in [1.807, 2.05) is 0 Å². The molecule has 2 atom stereocenters. The monoisotopic (exact) mass is 337 g/mol. The molecule has 0 amide bonds. The quantitative estimate of drug-likeness (QED) is 0.705. The number of rotatable bonds is 2. The Morgan fingerprint density at radius 2 is 2.04 bits per heavy atom. The first-order valence-electron chi connectivity index (χ1n) is 8.58. The van der Waals surface area contributed by atoms with Crippen LogP contribution in [0.1, 0.15) is 19.3 Å². The minimum atomic E-state index is 0.371. The van der Waals surface area contributed by atoms with Crippen molar-refractivity contribution in [2.75, 3.05) is 18.1 Å². The summed E-state index contributed by atoms with van der Waals surface area (Å²) in [5.74, 6) is 1.08. The first-order valence-corrected chi connectivity index (χ1v) is 9.40. The fraction of sp³-hybridized carbons (Fsp3) is 0.368. The van der Waals surface area contributed by atoms with Gasteiger partial charge in [0.2, 0.25) is 0 Å². The van der Waals surface area contributed by atoms with Crippen LogP contribution in [0.2, 0.25) is 0 Å². The molecule has 1 aliphatic carbocycles. The van der Waals surface area contributed by atoms with Gasteiger partial charge in [0, 0.05) is 11.4 Å². The number of hydrogen-bond donors (Lipinski definition) is 0. The number of benzene rings is 1. The van der Waals surface area contributed by atoms with Crippen molar-refractivity contribution in [1.29, 1.82) is 0 Å². The molecule has 2 aliphatic rings. The Hall–Kier alpha value is -1.98. The number of nitrogens with zero attached hydrogens (tertiary/aromatic N) is 3. The maximum absolute atomic E-state index is 5.96. The zero-order valence-corrected chi connectivity index (χ0v) is 14.2. The van der Waals surface area contributed by atoms with Gasteiger partial charge in [-0.3, -0.25) is 0 Å². The molecular formula is C19H19N3OS. The smallest absolute Gasteiger partial charge is 0.141 e. The predicted molar refractivity (Wildman–Crippen MR) is 97.6 cm³/mol. The van der Waals surface area contributed by atoms with Crippen LogP contribution >= 0.6 is 11.3 Å². The van der Waals surface area contributed by atoms with Gasteiger partial charge in [0.25, 0.3) is 0 Å². The van der Waals surface area contributed by atoms with E-state index < -0.39 is 0 Å². The molecule has 0 unspecified atom stereocenters. The second kappa shape index (κ2) is 5.83. The average molecular weight is 337 g/mol. The molecule has 24 heavy (non-hydrogen) atoms. The topological polar surface area (TPSA) is 38.2 Å². The number of ether oxygens (including phenoxy) is 1. The van der Waals surface area contributed by atoms with Crippen molar-refractivity contribution in [2.45, 2.75) is 31.4 Å². The van der Waals surface area contributed by atoms with Gasteiger partial charge in [0.1, 0.15) is 17.0 Å². The second-order valence-electron chi connectivity index (χ2n) is 6.49. The van der Waals surface area contributed by atoms with Crippen LogP contribution in [-0.4, -0.2) is 35.3 Å². The van der Waals surface area contributed by atoms with Crippen LogP contribution in [0.15, 0.2) is 42.7 Å². The van der Waals surface area contributed by atoms with Crippen LogP contribution in [0.3, 0.4) is 0 Å². The maximum Gasteiger partial charge on any atom is 0.141 e. The van der Waals surface area contributed by atoms with E-state index in [0.717, 1.165) is 23.8 Å². The van der Waals surface area contributed by atoms with E-state index in [9.17, 15) is 0 Å². The maximum atomic E-state index is 5.96. The van der Waals surface area contributed by atoms with E-state index in [4.69, 9.17) is 4.74 Å². The van der Waals surface area contributed by atoms with Crippen molar-refractivity contribution in [2.24, 2.45) is 0 Å². The van der Waals surface area contributed by atoms with E-state index in [2.05, 4.69) is 51.3 Å². The summed E-state index contributed by atoms with van der Waals surface area (Å²) in [6.45, 7) is 1.71. The molecule has 1 aromatic carbocycles. The summed E-state index contributed by atoms with van der Waals surface area (Å²) in [6, 6.07) is 13.2. The number of morpholine rings is 1. The summed E-state index contributed by atoms with van der Waals surface area (Å²) in [4.78, 5) is 14.0. The molecule has 2 fully saturated rings. The summed E-state index contributed by atoms with van der Waals surface area (Å²) < 4.78 is 5.96. The SMILES string of the molecule is c1ccc(-c2cc3c(N4CCO[C@@H]5CCC[C@@H]54)ncnc3s2)cc1. The lowest BCUT2D eigenvalue weighted by Gasteiger charge is -2.38. The van der Waals surface area contributed by atoms with Crippen molar-refractivity contribution in [3.63, 3.8) is 0 Å². The lowest BCUT2D eigenvalue weighted by molar-refractivity contribution is 0.0254.